The van der Waals surface area contributed by atoms with Crippen molar-refractivity contribution in [2.75, 3.05) is 0 Å². The number of hydrogen-bond acceptors (Lipinski definition) is 2. The van der Waals surface area contributed by atoms with Gasteiger partial charge >= 0.3 is 0 Å². The molecule has 3 aromatic carbocycles. The third-order valence-corrected chi connectivity index (χ3v) is 7.86. The van der Waals surface area contributed by atoms with E-state index in [0.29, 0.717) is 4.90 Å². The summed E-state index contributed by atoms with van der Waals surface area (Å²) in [7, 11) is -3.67. The summed E-state index contributed by atoms with van der Waals surface area (Å²) >= 11 is 7.10. The lowest BCUT2D eigenvalue weighted by Crippen LogP contribution is -2.30. The van der Waals surface area contributed by atoms with Crippen molar-refractivity contribution in [2.24, 2.45) is 0 Å². The molecule has 0 heterocycles. The first kappa shape index (κ1) is 21.2. The van der Waals surface area contributed by atoms with Crippen LogP contribution in [0.5, 0.6) is 0 Å². The molecule has 3 aromatic rings. The van der Waals surface area contributed by atoms with E-state index in [1.54, 1.807) is 12.1 Å². The van der Waals surface area contributed by atoms with Gasteiger partial charge in [0.1, 0.15) is 0 Å². The van der Waals surface area contributed by atoms with Crippen LogP contribution in [-0.4, -0.2) is 12.7 Å². The number of aryl methyl sites for hydroxylation is 2. The van der Waals surface area contributed by atoms with Crippen molar-refractivity contribution in [2.45, 2.75) is 31.8 Å². The molecule has 0 spiro atoms. The summed E-state index contributed by atoms with van der Waals surface area (Å²) in [4.78, 5) is 0.300. The smallest absolute Gasteiger partial charge is 0.207 e. The normalized spacial score (nSPS) is 11.8. The number of rotatable bonds is 6. The lowest BCUT2D eigenvalue weighted by molar-refractivity contribution is 0.400. The molecule has 146 valence electrons. The maximum Gasteiger partial charge on any atom is 0.243 e. The highest BCUT2D eigenvalue weighted by Gasteiger charge is 2.26. The maximum atomic E-state index is 13.5. The molecule has 0 atom stereocenters. The highest BCUT2D eigenvalue weighted by Crippen LogP contribution is 2.27. The van der Waals surface area contributed by atoms with E-state index >= 15 is 0 Å². The van der Waals surface area contributed by atoms with Gasteiger partial charge in [0.25, 0.3) is 0 Å². The van der Waals surface area contributed by atoms with Gasteiger partial charge in [0.05, 0.1) is 4.90 Å². The molecule has 0 N–H and O–H groups in total. The van der Waals surface area contributed by atoms with Crippen LogP contribution in [0.25, 0.3) is 0 Å². The third-order valence-electron chi connectivity index (χ3n) is 4.51. The average Bonchev–Trinajstić information content (AvgIpc) is 2.66. The Labute approximate surface area is 183 Å². The van der Waals surface area contributed by atoms with Crippen LogP contribution in [0, 0.1) is 13.8 Å². The maximum absolute atomic E-state index is 13.5. The van der Waals surface area contributed by atoms with E-state index in [0.717, 1.165) is 31.2 Å². The van der Waals surface area contributed by atoms with E-state index in [2.05, 4.69) is 31.9 Å². The fourth-order valence-electron chi connectivity index (χ4n) is 2.92. The second kappa shape index (κ2) is 8.91. The van der Waals surface area contributed by atoms with Gasteiger partial charge in [-0.15, -0.1) is 0 Å². The summed E-state index contributed by atoms with van der Waals surface area (Å²) in [5.74, 6) is 0. The molecule has 0 aromatic heterocycles. The predicted molar refractivity (Wildman–Crippen MR) is 121 cm³/mol. The number of hydrogen-bond donors (Lipinski definition) is 0. The Morgan fingerprint density at radius 1 is 0.750 bits per heavy atom. The van der Waals surface area contributed by atoms with Crippen molar-refractivity contribution in [3.63, 3.8) is 0 Å². The second-order valence-corrected chi connectivity index (χ2v) is 10.4. The highest BCUT2D eigenvalue weighted by atomic mass is 79.9. The lowest BCUT2D eigenvalue weighted by atomic mass is 10.1. The molecular weight excluding hydrogens is 502 g/mol. The number of halogens is 2. The molecule has 0 aliphatic heterocycles. The fraction of sp³-hybridized carbons (Fsp3) is 0.182. The first-order valence-corrected chi connectivity index (χ1v) is 11.9. The summed E-state index contributed by atoms with van der Waals surface area (Å²) in [6.45, 7) is 4.50. The van der Waals surface area contributed by atoms with Crippen molar-refractivity contribution in [3.8, 4) is 0 Å². The SMILES string of the molecule is Cc1ccc(S(=O)(=O)N(Cc2ccccc2Br)Cc2cc(C)ccc2Br)cc1. The average molecular weight is 523 g/mol. The van der Waals surface area contributed by atoms with Crippen molar-refractivity contribution in [1.29, 1.82) is 0 Å². The third kappa shape index (κ3) is 4.92. The minimum Gasteiger partial charge on any atom is -0.207 e. The first-order valence-electron chi connectivity index (χ1n) is 8.82. The van der Waals surface area contributed by atoms with Crippen LogP contribution in [0.2, 0.25) is 0 Å². The molecule has 0 amide bonds. The van der Waals surface area contributed by atoms with Crippen LogP contribution < -0.4 is 0 Å². The Kier molecular flexibility index (Phi) is 6.76. The Morgan fingerprint density at radius 2 is 1.32 bits per heavy atom. The minimum atomic E-state index is -3.67. The first-order chi connectivity index (χ1) is 13.3. The largest absolute Gasteiger partial charge is 0.243 e. The van der Waals surface area contributed by atoms with Crippen LogP contribution in [0.3, 0.4) is 0 Å². The Bertz CT molecular complexity index is 1080. The van der Waals surface area contributed by atoms with Gasteiger partial charge in [0.15, 0.2) is 0 Å². The standard InChI is InChI=1S/C22H21Br2NO2S/c1-16-7-10-20(11-8-16)28(26,27)25(14-18-5-3-4-6-21(18)23)15-19-13-17(2)9-12-22(19)24/h3-13H,14-15H2,1-2H3. The van der Waals surface area contributed by atoms with Crippen LogP contribution in [0.15, 0.2) is 80.6 Å². The van der Waals surface area contributed by atoms with Crippen LogP contribution >= 0.6 is 31.9 Å². The minimum absolute atomic E-state index is 0.276. The number of nitrogens with zero attached hydrogens (tertiary/aromatic N) is 1. The summed E-state index contributed by atoms with van der Waals surface area (Å²) in [5, 5.41) is 0. The summed E-state index contributed by atoms with van der Waals surface area (Å²) < 4.78 is 30.2. The topological polar surface area (TPSA) is 37.4 Å². The van der Waals surface area contributed by atoms with Crippen LogP contribution in [0.1, 0.15) is 22.3 Å². The van der Waals surface area contributed by atoms with Crippen molar-refractivity contribution in [1.82, 2.24) is 4.31 Å². The van der Waals surface area contributed by atoms with Gasteiger partial charge in [-0.3, -0.25) is 0 Å². The summed E-state index contributed by atoms with van der Waals surface area (Å²) in [5.41, 5.74) is 3.97. The van der Waals surface area contributed by atoms with E-state index in [9.17, 15) is 8.42 Å². The Morgan fingerprint density at radius 3 is 2.00 bits per heavy atom. The van der Waals surface area contributed by atoms with Crippen LogP contribution in [-0.2, 0) is 23.1 Å². The van der Waals surface area contributed by atoms with E-state index < -0.39 is 10.0 Å². The second-order valence-electron chi connectivity index (χ2n) is 6.77. The van der Waals surface area contributed by atoms with E-state index in [-0.39, 0.29) is 13.1 Å². The van der Waals surface area contributed by atoms with Crippen LogP contribution in [0.4, 0.5) is 0 Å². The monoisotopic (exact) mass is 521 g/mol. The molecule has 3 nitrogen and oxygen atoms in total. The van der Waals surface area contributed by atoms with Gasteiger partial charge in [-0.25, -0.2) is 8.42 Å². The van der Waals surface area contributed by atoms with Gasteiger partial charge in [-0.1, -0.05) is 85.5 Å². The molecular formula is C22H21Br2NO2S. The Balaban J connectivity index is 2.04. The zero-order valence-electron chi connectivity index (χ0n) is 15.7. The zero-order valence-corrected chi connectivity index (χ0v) is 19.7. The molecule has 0 saturated carbocycles. The lowest BCUT2D eigenvalue weighted by Gasteiger charge is -2.24. The molecule has 0 aliphatic carbocycles. The molecule has 0 bridgehead atoms. The van der Waals surface area contributed by atoms with Gasteiger partial charge < -0.3 is 0 Å². The molecule has 0 unspecified atom stereocenters. The predicted octanol–water partition coefficient (Wildman–Crippen LogP) is 6.22. The molecule has 6 heteroatoms. The zero-order chi connectivity index (χ0) is 20.3. The van der Waals surface area contributed by atoms with Gasteiger partial charge in [0.2, 0.25) is 10.0 Å². The van der Waals surface area contributed by atoms with E-state index in [1.165, 1.54) is 4.31 Å². The van der Waals surface area contributed by atoms with Crippen molar-refractivity contribution < 1.29 is 8.42 Å². The molecule has 0 saturated heterocycles. The van der Waals surface area contributed by atoms with E-state index in [4.69, 9.17) is 0 Å². The van der Waals surface area contributed by atoms with E-state index in [1.807, 2.05) is 68.4 Å². The van der Waals surface area contributed by atoms with Gasteiger partial charge in [-0.05, 0) is 49.2 Å². The molecule has 3 rings (SSSR count). The highest BCUT2D eigenvalue weighted by molar-refractivity contribution is 9.10. The quantitative estimate of drug-likeness (QED) is 0.385. The molecule has 0 fully saturated rings. The molecule has 28 heavy (non-hydrogen) atoms. The molecule has 0 radical (unpaired) electrons. The van der Waals surface area contributed by atoms with Gasteiger partial charge in [0, 0.05) is 22.0 Å². The van der Waals surface area contributed by atoms with Gasteiger partial charge in [-0.2, -0.15) is 4.31 Å². The fourth-order valence-corrected chi connectivity index (χ4v) is 5.09. The number of benzene rings is 3. The summed E-state index contributed by atoms with van der Waals surface area (Å²) in [6, 6.07) is 20.7. The summed E-state index contributed by atoms with van der Waals surface area (Å²) in [6.07, 6.45) is 0. The van der Waals surface area contributed by atoms with Crippen molar-refractivity contribution >= 4 is 41.9 Å². The molecule has 0 aliphatic rings. The Hall–Kier alpha value is -1.47. The number of sulfonamides is 1. The van der Waals surface area contributed by atoms with Crippen molar-refractivity contribution in [3.05, 3.63) is 97.9 Å².